The van der Waals surface area contributed by atoms with Crippen molar-refractivity contribution in [2.75, 3.05) is 0 Å². The van der Waals surface area contributed by atoms with Crippen molar-refractivity contribution in [1.29, 1.82) is 5.26 Å². The van der Waals surface area contributed by atoms with Crippen molar-refractivity contribution in [2.24, 2.45) is 11.8 Å². The standard InChI is InChI=1S/C19H24N2/c1-2-6-16-9-10-17-11-12-19(18(16)13-20)21(17)14-15-7-4-3-5-8-15/h2-5,7-8,16-19H,1,6,9-12,14H2/t16-,17-,18-,19-/m0/s1. The van der Waals surface area contributed by atoms with Crippen LogP contribution in [-0.4, -0.2) is 17.0 Å². The van der Waals surface area contributed by atoms with Crippen molar-refractivity contribution in [3.63, 3.8) is 0 Å². The van der Waals surface area contributed by atoms with E-state index in [0.29, 0.717) is 18.0 Å². The Bertz CT molecular complexity index is 516. The SMILES string of the molecule is C=CC[C@H]1CC[C@H]2CC[C@@H]([C@H]1C#N)N2Cc1ccccc1. The van der Waals surface area contributed by atoms with Crippen LogP contribution in [0.4, 0.5) is 0 Å². The second-order valence-corrected chi connectivity index (χ2v) is 6.47. The maximum absolute atomic E-state index is 9.71. The van der Waals surface area contributed by atoms with Crippen LogP contribution in [0.25, 0.3) is 0 Å². The Morgan fingerprint density at radius 1 is 1.19 bits per heavy atom. The molecule has 2 bridgehead atoms. The Balaban J connectivity index is 1.81. The minimum Gasteiger partial charge on any atom is -0.292 e. The fourth-order valence-electron chi connectivity index (χ4n) is 4.27. The number of rotatable bonds is 4. The summed E-state index contributed by atoms with van der Waals surface area (Å²) in [6, 6.07) is 14.4. The number of fused-ring (bicyclic) bond motifs is 2. The Morgan fingerprint density at radius 2 is 1.95 bits per heavy atom. The molecule has 4 atom stereocenters. The first-order valence-electron chi connectivity index (χ1n) is 8.13. The third-order valence-electron chi connectivity index (χ3n) is 5.31. The van der Waals surface area contributed by atoms with Crippen LogP contribution < -0.4 is 0 Å². The second kappa shape index (κ2) is 6.45. The molecule has 0 N–H and O–H groups in total. The van der Waals surface area contributed by atoms with E-state index in [-0.39, 0.29) is 5.92 Å². The van der Waals surface area contributed by atoms with Gasteiger partial charge in [0.1, 0.15) is 0 Å². The molecule has 2 aliphatic rings. The summed E-state index contributed by atoms with van der Waals surface area (Å²) in [5.74, 6) is 0.667. The van der Waals surface area contributed by atoms with E-state index in [9.17, 15) is 5.26 Å². The van der Waals surface area contributed by atoms with Crippen LogP contribution in [0, 0.1) is 23.2 Å². The molecule has 2 aliphatic heterocycles. The molecule has 3 rings (SSSR count). The molecule has 21 heavy (non-hydrogen) atoms. The highest BCUT2D eigenvalue weighted by Crippen LogP contribution is 2.42. The fourth-order valence-corrected chi connectivity index (χ4v) is 4.27. The summed E-state index contributed by atoms with van der Waals surface area (Å²) >= 11 is 0. The van der Waals surface area contributed by atoms with Crippen molar-refractivity contribution in [1.82, 2.24) is 4.90 Å². The molecule has 110 valence electrons. The van der Waals surface area contributed by atoms with Crippen LogP contribution in [0.15, 0.2) is 43.0 Å². The van der Waals surface area contributed by atoms with E-state index >= 15 is 0 Å². The molecule has 2 fully saturated rings. The average Bonchev–Trinajstić information content (AvgIpc) is 2.82. The maximum atomic E-state index is 9.71. The van der Waals surface area contributed by atoms with Crippen molar-refractivity contribution < 1.29 is 0 Å². The maximum Gasteiger partial charge on any atom is 0.0675 e. The monoisotopic (exact) mass is 280 g/mol. The molecule has 2 nitrogen and oxygen atoms in total. The van der Waals surface area contributed by atoms with Crippen LogP contribution in [-0.2, 0) is 6.54 Å². The summed E-state index contributed by atoms with van der Waals surface area (Å²) in [7, 11) is 0. The summed E-state index contributed by atoms with van der Waals surface area (Å²) in [6.45, 7) is 4.88. The van der Waals surface area contributed by atoms with Gasteiger partial charge in [0.2, 0.25) is 0 Å². The van der Waals surface area contributed by atoms with Gasteiger partial charge in [-0.3, -0.25) is 4.90 Å². The first kappa shape index (κ1) is 14.4. The number of nitriles is 1. The molecule has 0 radical (unpaired) electrons. The molecular formula is C19H24N2. The quantitative estimate of drug-likeness (QED) is 0.775. The van der Waals surface area contributed by atoms with Crippen LogP contribution in [0.2, 0.25) is 0 Å². The van der Waals surface area contributed by atoms with Crippen molar-refractivity contribution >= 4 is 0 Å². The Morgan fingerprint density at radius 3 is 2.67 bits per heavy atom. The highest BCUT2D eigenvalue weighted by Gasteiger charge is 2.43. The van der Waals surface area contributed by atoms with E-state index in [2.05, 4.69) is 47.9 Å². The van der Waals surface area contributed by atoms with Crippen LogP contribution >= 0.6 is 0 Å². The number of benzene rings is 1. The molecular weight excluding hydrogens is 256 g/mol. The Hall–Kier alpha value is -1.59. The van der Waals surface area contributed by atoms with Gasteiger partial charge < -0.3 is 0 Å². The van der Waals surface area contributed by atoms with Crippen LogP contribution in [0.3, 0.4) is 0 Å². The predicted molar refractivity (Wildman–Crippen MR) is 85.4 cm³/mol. The largest absolute Gasteiger partial charge is 0.292 e. The van der Waals surface area contributed by atoms with E-state index in [4.69, 9.17) is 0 Å². The second-order valence-electron chi connectivity index (χ2n) is 6.47. The lowest BCUT2D eigenvalue weighted by molar-refractivity contribution is 0.158. The van der Waals surface area contributed by atoms with Gasteiger partial charge in [-0.05, 0) is 43.6 Å². The zero-order valence-electron chi connectivity index (χ0n) is 12.6. The summed E-state index contributed by atoms with van der Waals surface area (Å²) in [5, 5.41) is 9.71. The molecule has 0 aromatic heterocycles. The van der Waals surface area contributed by atoms with Crippen molar-refractivity contribution in [3.8, 4) is 6.07 Å². The van der Waals surface area contributed by atoms with Crippen molar-refractivity contribution in [3.05, 3.63) is 48.6 Å². The van der Waals surface area contributed by atoms with Gasteiger partial charge in [-0.1, -0.05) is 36.4 Å². The number of nitrogens with zero attached hydrogens (tertiary/aromatic N) is 2. The molecule has 1 aromatic carbocycles. The average molecular weight is 280 g/mol. The number of hydrogen-bond acceptors (Lipinski definition) is 2. The normalized spacial score (nSPS) is 32.3. The minimum absolute atomic E-state index is 0.166. The summed E-state index contributed by atoms with van der Waals surface area (Å²) < 4.78 is 0. The third-order valence-corrected chi connectivity index (χ3v) is 5.31. The van der Waals surface area contributed by atoms with Crippen LogP contribution in [0.1, 0.15) is 37.7 Å². The van der Waals surface area contributed by atoms with E-state index in [1.54, 1.807) is 0 Å². The van der Waals surface area contributed by atoms with Gasteiger partial charge in [-0.15, -0.1) is 6.58 Å². The Labute approximate surface area is 128 Å². The Kier molecular flexibility index (Phi) is 4.41. The summed E-state index contributed by atoms with van der Waals surface area (Å²) in [6.07, 6.45) is 7.84. The lowest BCUT2D eigenvalue weighted by atomic mass is 9.80. The highest BCUT2D eigenvalue weighted by molar-refractivity contribution is 5.16. The lowest BCUT2D eigenvalue weighted by Crippen LogP contribution is -2.38. The first-order chi connectivity index (χ1) is 10.3. The molecule has 0 saturated carbocycles. The van der Waals surface area contributed by atoms with Gasteiger partial charge >= 0.3 is 0 Å². The highest BCUT2D eigenvalue weighted by atomic mass is 15.2. The molecule has 0 amide bonds. The van der Waals surface area contributed by atoms with E-state index in [0.717, 1.165) is 13.0 Å². The number of hydrogen-bond donors (Lipinski definition) is 0. The van der Waals surface area contributed by atoms with Gasteiger partial charge in [0, 0.05) is 18.6 Å². The zero-order chi connectivity index (χ0) is 14.7. The van der Waals surface area contributed by atoms with Gasteiger partial charge in [-0.25, -0.2) is 0 Å². The van der Waals surface area contributed by atoms with Gasteiger partial charge in [-0.2, -0.15) is 5.26 Å². The first-order valence-corrected chi connectivity index (χ1v) is 8.13. The molecule has 0 unspecified atom stereocenters. The summed E-state index contributed by atoms with van der Waals surface area (Å²) in [5.41, 5.74) is 1.37. The molecule has 0 aliphatic carbocycles. The van der Waals surface area contributed by atoms with Crippen molar-refractivity contribution in [2.45, 2.75) is 50.7 Å². The topological polar surface area (TPSA) is 27.0 Å². The molecule has 2 saturated heterocycles. The predicted octanol–water partition coefficient (Wildman–Crippen LogP) is 4.15. The van der Waals surface area contributed by atoms with Gasteiger partial charge in [0.25, 0.3) is 0 Å². The lowest BCUT2D eigenvalue weighted by Gasteiger charge is -2.31. The number of allylic oxidation sites excluding steroid dienone is 1. The van der Waals surface area contributed by atoms with E-state index in [1.165, 1.54) is 31.2 Å². The summed E-state index contributed by atoms with van der Waals surface area (Å²) in [4.78, 5) is 2.62. The minimum atomic E-state index is 0.166. The van der Waals surface area contributed by atoms with Gasteiger partial charge in [0.15, 0.2) is 0 Å². The van der Waals surface area contributed by atoms with Crippen LogP contribution in [0.5, 0.6) is 0 Å². The van der Waals surface area contributed by atoms with Gasteiger partial charge in [0.05, 0.1) is 12.0 Å². The molecule has 1 aromatic rings. The molecule has 2 heteroatoms. The smallest absolute Gasteiger partial charge is 0.0675 e. The van der Waals surface area contributed by atoms with E-state index < -0.39 is 0 Å². The fraction of sp³-hybridized carbons (Fsp3) is 0.526. The molecule has 2 heterocycles. The third kappa shape index (κ3) is 2.89. The zero-order valence-corrected chi connectivity index (χ0v) is 12.6. The molecule has 0 spiro atoms. The van der Waals surface area contributed by atoms with E-state index in [1.807, 2.05) is 6.08 Å².